The molecule has 0 atom stereocenters. The van der Waals surface area contributed by atoms with Gasteiger partial charge in [0.15, 0.2) is 14.6 Å². The maximum Gasteiger partial charge on any atom is 0.249 e. The number of fused-ring (bicyclic) bond motifs is 1. The monoisotopic (exact) mass is 420 g/mol. The largest absolute Gasteiger partial charge is 0.495 e. The summed E-state index contributed by atoms with van der Waals surface area (Å²) in [7, 11) is 1.38. The number of carbonyl (C=O) groups is 1. The molecule has 0 saturated heterocycles. The molecule has 1 heterocycles. The van der Waals surface area contributed by atoms with Crippen LogP contribution in [-0.4, -0.2) is 38.9 Å². The number of thiazole rings is 1. The van der Waals surface area contributed by atoms with Crippen LogP contribution in [0.15, 0.2) is 52.4 Å². The zero-order valence-corrected chi connectivity index (χ0v) is 17.3. The van der Waals surface area contributed by atoms with Crippen LogP contribution < -0.4 is 14.3 Å². The number of rotatable bonds is 6. The van der Waals surface area contributed by atoms with E-state index in [2.05, 4.69) is 4.99 Å². The number of methoxy groups -OCH3 is 2. The van der Waals surface area contributed by atoms with Crippen molar-refractivity contribution in [2.24, 2.45) is 12.0 Å². The van der Waals surface area contributed by atoms with E-state index >= 15 is 0 Å². The van der Waals surface area contributed by atoms with Crippen LogP contribution in [0, 0.1) is 0 Å². The van der Waals surface area contributed by atoms with Crippen LogP contribution in [-0.2, 0) is 21.7 Å². The lowest BCUT2D eigenvalue weighted by Gasteiger charge is -2.06. The summed E-state index contributed by atoms with van der Waals surface area (Å²) >= 11 is 1.28. The van der Waals surface area contributed by atoms with Gasteiger partial charge in [-0.05, 0) is 24.3 Å². The molecule has 0 N–H and O–H groups in total. The first kappa shape index (κ1) is 20.1. The molecule has 0 aliphatic carbocycles. The quantitative estimate of drug-likeness (QED) is 0.612. The highest BCUT2D eigenvalue weighted by Crippen LogP contribution is 2.34. The van der Waals surface area contributed by atoms with Gasteiger partial charge in [0.1, 0.15) is 21.7 Å². The van der Waals surface area contributed by atoms with E-state index < -0.39 is 15.7 Å². The summed E-state index contributed by atoms with van der Waals surface area (Å²) < 4.78 is 38.0. The van der Waals surface area contributed by atoms with E-state index in [1.807, 2.05) is 0 Å². The molecule has 28 heavy (non-hydrogen) atoms. The lowest BCUT2D eigenvalue weighted by atomic mass is 10.3. The second-order valence-corrected chi connectivity index (χ2v) is 9.07. The average Bonchev–Trinajstić information content (AvgIpc) is 3.03. The number of benzene rings is 2. The zero-order chi connectivity index (χ0) is 20.3. The lowest BCUT2D eigenvalue weighted by Crippen LogP contribution is -2.16. The summed E-state index contributed by atoms with van der Waals surface area (Å²) in [6.07, 6.45) is -0.195. The Balaban J connectivity index is 1.90. The third-order valence-corrected chi connectivity index (χ3v) is 7.10. The van der Waals surface area contributed by atoms with E-state index in [1.165, 1.54) is 23.5 Å². The fourth-order valence-corrected chi connectivity index (χ4v) is 5.15. The van der Waals surface area contributed by atoms with Crippen LogP contribution in [0.3, 0.4) is 0 Å². The smallest absolute Gasteiger partial charge is 0.249 e. The van der Waals surface area contributed by atoms with Crippen LogP contribution in [0.2, 0.25) is 0 Å². The standard InChI is InChI=1S/C19H20N2O5S2/c1-21-17-14(25-2)9-10-15(26-3)18(17)27-19(21)20-16(22)11-12-28(23,24)13-7-5-4-6-8-13/h4-10H,11-12H2,1-3H3. The van der Waals surface area contributed by atoms with Crippen molar-refractivity contribution in [1.82, 2.24) is 4.57 Å². The summed E-state index contributed by atoms with van der Waals surface area (Å²) in [5.74, 6) is 0.493. The van der Waals surface area contributed by atoms with Crippen molar-refractivity contribution in [3.8, 4) is 11.5 Å². The topological polar surface area (TPSA) is 87.0 Å². The van der Waals surface area contributed by atoms with E-state index in [4.69, 9.17) is 9.47 Å². The van der Waals surface area contributed by atoms with E-state index in [0.717, 1.165) is 10.2 Å². The molecule has 7 nitrogen and oxygen atoms in total. The van der Waals surface area contributed by atoms with Crippen molar-refractivity contribution < 1.29 is 22.7 Å². The number of ether oxygens (including phenoxy) is 2. The van der Waals surface area contributed by atoms with E-state index in [1.54, 1.807) is 56.2 Å². The Morgan fingerprint density at radius 2 is 1.71 bits per heavy atom. The Bertz CT molecular complexity index is 1180. The summed E-state index contributed by atoms with van der Waals surface area (Å²) in [6.45, 7) is 0. The fourth-order valence-electron chi connectivity index (χ4n) is 2.76. The highest BCUT2D eigenvalue weighted by Gasteiger charge is 2.17. The highest BCUT2D eigenvalue weighted by molar-refractivity contribution is 7.91. The third-order valence-electron chi connectivity index (χ3n) is 4.22. The van der Waals surface area contributed by atoms with Crippen molar-refractivity contribution in [3.05, 3.63) is 47.3 Å². The SMILES string of the molecule is COc1ccc(OC)c2c1sc(=NC(=O)CCS(=O)(=O)c1ccccc1)n2C. The number of hydrogen-bond donors (Lipinski definition) is 0. The molecule has 3 aromatic rings. The Kier molecular flexibility index (Phi) is 5.85. The molecule has 0 unspecified atom stereocenters. The molecule has 0 fully saturated rings. The van der Waals surface area contributed by atoms with Gasteiger partial charge in [-0.15, -0.1) is 0 Å². The summed E-state index contributed by atoms with van der Waals surface area (Å²) in [6, 6.07) is 11.6. The second-order valence-electron chi connectivity index (χ2n) is 5.98. The maximum absolute atomic E-state index is 12.3. The normalized spacial score (nSPS) is 12.3. The minimum Gasteiger partial charge on any atom is -0.495 e. The Morgan fingerprint density at radius 3 is 2.36 bits per heavy atom. The second kappa shape index (κ2) is 8.15. The molecule has 148 valence electrons. The van der Waals surface area contributed by atoms with Gasteiger partial charge in [-0.1, -0.05) is 29.5 Å². The Morgan fingerprint density at radius 1 is 1.07 bits per heavy atom. The van der Waals surface area contributed by atoms with Gasteiger partial charge in [0, 0.05) is 13.5 Å². The minimum atomic E-state index is -3.53. The van der Waals surface area contributed by atoms with Crippen molar-refractivity contribution in [1.29, 1.82) is 0 Å². The van der Waals surface area contributed by atoms with E-state index in [-0.39, 0.29) is 17.1 Å². The molecule has 1 aromatic heterocycles. The number of hydrogen-bond acceptors (Lipinski definition) is 6. The number of carbonyl (C=O) groups excluding carboxylic acids is 1. The molecule has 0 aliphatic heterocycles. The first-order chi connectivity index (χ1) is 13.4. The molecule has 3 rings (SSSR count). The van der Waals surface area contributed by atoms with Crippen molar-refractivity contribution in [3.63, 3.8) is 0 Å². The molecule has 0 bridgehead atoms. The zero-order valence-electron chi connectivity index (χ0n) is 15.7. The van der Waals surface area contributed by atoms with Crippen LogP contribution in [0.5, 0.6) is 11.5 Å². The summed E-state index contributed by atoms with van der Waals surface area (Å²) in [5, 5.41) is 0. The summed E-state index contributed by atoms with van der Waals surface area (Å²) in [5.41, 5.74) is 0.760. The predicted octanol–water partition coefficient (Wildman–Crippen LogP) is 2.55. The molecular weight excluding hydrogens is 400 g/mol. The van der Waals surface area contributed by atoms with Gasteiger partial charge in [0.05, 0.1) is 24.9 Å². The number of sulfone groups is 1. The number of nitrogens with zero attached hydrogens (tertiary/aromatic N) is 2. The van der Waals surface area contributed by atoms with Crippen LogP contribution in [0.25, 0.3) is 10.2 Å². The van der Waals surface area contributed by atoms with Gasteiger partial charge in [-0.2, -0.15) is 4.99 Å². The molecule has 2 aromatic carbocycles. The van der Waals surface area contributed by atoms with Gasteiger partial charge in [-0.3, -0.25) is 4.79 Å². The number of aromatic nitrogens is 1. The third kappa shape index (κ3) is 3.95. The van der Waals surface area contributed by atoms with Crippen molar-refractivity contribution >= 4 is 37.3 Å². The van der Waals surface area contributed by atoms with Crippen molar-refractivity contribution in [2.45, 2.75) is 11.3 Å². The van der Waals surface area contributed by atoms with Gasteiger partial charge in [-0.25, -0.2) is 8.42 Å². The van der Waals surface area contributed by atoms with Crippen molar-refractivity contribution in [2.75, 3.05) is 20.0 Å². The molecule has 0 saturated carbocycles. The molecule has 0 aliphatic rings. The summed E-state index contributed by atoms with van der Waals surface area (Å²) in [4.78, 5) is 17.1. The molecule has 0 spiro atoms. The van der Waals surface area contributed by atoms with E-state index in [0.29, 0.717) is 16.3 Å². The number of aryl methyl sites for hydroxylation is 1. The molecule has 1 amide bonds. The minimum absolute atomic E-state index is 0.195. The predicted molar refractivity (Wildman–Crippen MR) is 108 cm³/mol. The average molecular weight is 421 g/mol. The highest BCUT2D eigenvalue weighted by atomic mass is 32.2. The first-order valence-electron chi connectivity index (χ1n) is 8.43. The lowest BCUT2D eigenvalue weighted by molar-refractivity contribution is -0.117. The van der Waals surface area contributed by atoms with Gasteiger partial charge in [0.25, 0.3) is 0 Å². The van der Waals surface area contributed by atoms with Crippen LogP contribution >= 0.6 is 11.3 Å². The first-order valence-corrected chi connectivity index (χ1v) is 10.9. The Hall–Kier alpha value is -2.65. The maximum atomic E-state index is 12.3. The van der Waals surface area contributed by atoms with E-state index in [9.17, 15) is 13.2 Å². The molecule has 0 radical (unpaired) electrons. The van der Waals surface area contributed by atoms with Crippen LogP contribution in [0.1, 0.15) is 6.42 Å². The van der Waals surface area contributed by atoms with Gasteiger partial charge >= 0.3 is 0 Å². The molecular formula is C19H20N2O5S2. The number of amides is 1. The fraction of sp³-hybridized carbons (Fsp3) is 0.263. The Labute approximate surface area is 166 Å². The van der Waals surface area contributed by atoms with Gasteiger partial charge in [0.2, 0.25) is 5.91 Å². The van der Waals surface area contributed by atoms with Crippen LogP contribution in [0.4, 0.5) is 0 Å². The molecule has 9 heteroatoms. The van der Waals surface area contributed by atoms with Gasteiger partial charge < -0.3 is 14.0 Å².